The third-order valence-corrected chi connectivity index (χ3v) is 4.32. The van der Waals surface area contributed by atoms with Gasteiger partial charge in [-0.1, -0.05) is 30.3 Å². The second kappa shape index (κ2) is 9.03. The molecule has 146 valence electrons. The molecular weight excluding hydrogens is 360 g/mol. The summed E-state index contributed by atoms with van der Waals surface area (Å²) in [5, 5.41) is 5.51. The lowest BCUT2D eigenvalue weighted by molar-refractivity contribution is -0.156. The molecule has 0 aromatic heterocycles. The van der Waals surface area contributed by atoms with Crippen LogP contribution in [-0.2, 0) is 32.1 Å². The largest absolute Gasteiger partial charge is 0.482 e. The summed E-state index contributed by atoms with van der Waals surface area (Å²) in [6, 6.07) is 14.7. The van der Waals surface area contributed by atoms with Crippen LogP contribution >= 0.6 is 0 Å². The van der Waals surface area contributed by atoms with E-state index < -0.39 is 12.1 Å². The predicted octanol–water partition coefficient (Wildman–Crippen LogP) is 2.20. The van der Waals surface area contributed by atoms with Crippen molar-refractivity contribution in [2.24, 2.45) is 0 Å². The number of rotatable bonds is 7. The highest BCUT2D eigenvalue weighted by Crippen LogP contribution is 2.26. The number of fused-ring (bicyclic) bond motifs is 1. The monoisotopic (exact) mass is 382 g/mol. The highest BCUT2D eigenvalue weighted by Gasteiger charge is 2.19. The summed E-state index contributed by atoms with van der Waals surface area (Å²) in [4.78, 5) is 35.4. The van der Waals surface area contributed by atoms with Gasteiger partial charge in [-0.2, -0.15) is 0 Å². The van der Waals surface area contributed by atoms with Crippen LogP contribution in [0.5, 0.6) is 5.75 Å². The molecule has 2 aromatic carbocycles. The summed E-state index contributed by atoms with van der Waals surface area (Å²) in [5.41, 5.74) is 2.68. The maximum atomic E-state index is 12.0. The molecule has 2 N–H and O–H groups in total. The van der Waals surface area contributed by atoms with Crippen molar-refractivity contribution in [3.05, 3.63) is 59.7 Å². The highest BCUT2D eigenvalue weighted by molar-refractivity contribution is 5.94. The lowest BCUT2D eigenvalue weighted by Gasteiger charge is -2.18. The van der Waals surface area contributed by atoms with Gasteiger partial charge in [0.2, 0.25) is 5.91 Å². The Hall–Kier alpha value is -3.35. The van der Waals surface area contributed by atoms with Gasteiger partial charge in [-0.15, -0.1) is 0 Å². The summed E-state index contributed by atoms with van der Waals surface area (Å²) in [7, 11) is 0. The maximum absolute atomic E-state index is 12.0. The van der Waals surface area contributed by atoms with Gasteiger partial charge in [-0.25, -0.2) is 4.79 Å². The number of hydrogen-bond acceptors (Lipinski definition) is 5. The number of amides is 2. The van der Waals surface area contributed by atoms with Gasteiger partial charge in [0.15, 0.2) is 12.7 Å². The summed E-state index contributed by atoms with van der Waals surface area (Å²) in [6.07, 6.45) is 0.133. The standard InChI is InChI=1S/C21H22N2O5/c1-14(21(26)22-12-15-5-3-2-4-6-15)28-20(25)13-27-17-8-9-18-16(11-17)7-10-19(24)23-18/h2-6,8-9,11,14H,7,10,12-13H2,1H3,(H,22,26)(H,23,24). The minimum atomic E-state index is -0.918. The molecule has 0 saturated carbocycles. The van der Waals surface area contributed by atoms with Crippen molar-refractivity contribution in [3.63, 3.8) is 0 Å². The molecule has 1 atom stereocenters. The molecule has 1 aliphatic heterocycles. The van der Waals surface area contributed by atoms with Gasteiger partial charge in [0.1, 0.15) is 5.75 Å². The molecule has 2 aromatic rings. The Morgan fingerprint density at radius 1 is 1.14 bits per heavy atom. The molecule has 2 amide bonds. The number of nitrogens with one attached hydrogen (secondary N) is 2. The van der Waals surface area contributed by atoms with Gasteiger partial charge < -0.3 is 20.1 Å². The first-order valence-corrected chi connectivity index (χ1v) is 9.08. The van der Waals surface area contributed by atoms with Gasteiger partial charge in [0.25, 0.3) is 5.91 Å². The fourth-order valence-corrected chi connectivity index (χ4v) is 2.81. The van der Waals surface area contributed by atoms with Crippen molar-refractivity contribution < 1.29 is 23.9 Å². The predicted molar refractivity (Wildman–Crippen MR) is 103 cm³/mol. The number of carbonyl (C=O) groups is 3. The van der Waals surface area contributed by atoms with E-state index in [1.54, 1.807) is 18.2 Å². The number of ether oxygens (including phenoxy) is 2. The number of anilines is 1. The topological polar surface area (TPSA) is 93.7 Å². The van der Waals surface area contributed by atoms with Crippen molar-refractivity contribution in [1.82, 2.24) is 5.32 Å². The van der Waals surface area contributed by atoms with E-state index in [0.29, 0.717) is 25.1 Å². The summed E-state index contributed by atoms with van der Waals surface area (Å²) in [6.45, 7) is 1.57. The Labute approximate surface area is 163 Å². The molecule has 0 bridgehead atoms. The molecule has 0 aliphatic carbocycles. The molecule has 1 unspecified atom stereocenters. The van der Waals surface area contributed by atoms with Crippen LogP contribution in [0.4, 0.5) is 5.69 Å². The Morgan fingerprint density at radius 3 is 2.71 bits per heavy atom. The number of esters is 1. The van der Waals surface area contributed by atoms with Crippen molar-refractivity contribution in [1.29, 1.82) is 0 Å². The molecule has 0 radical (unpaired) electrons. The molecule has 7 nitrogen and oxygen atoms in total. The zero-order valence-corrected chi connectivity index (χ0v) is 15.6. The van der Waals surface area contributed by atoms with Gasteiger partial charge >= 0.3 is 5.97 Å². The average Bonchev–Trinajstić information content (AvgIpc) is 2.71. The van der Waals surface area contributed by atoms with E-state index >= 15 is 0 Å². The maximum Gasteiger partial charge on any atom is 0.344 e. The number of hydrogen-bond donors (Lipinski definition) is 2. The molecular formula is C21H22N2O5. The van der Waals surface area contributed by atoms with Crippen LogP contribution < -0.4 is 15.4 Å². The van der Waals surface area contributed by atoms with Gasteiger partial charge in [0, 0.05) is 18.7 Å². The van der Waals surface area contributed by atoms with E-state index in [-0.39, 0.29) is 18.4 Å². The molecule has 0 spiro atoms. The van der Waals surface area contributed by atoms with Gasteiger partial charge in [0.05, 0.1) is 0 Å². The third-order valence-electron chi connectivity index (χ3n) is 4.32. The number of carbonyl (C=O) groups excluding carboxylic acids is 3. The second-order valence-corrected chi connectivity index (χ2v) is 6.49. The van der Waals surface area contributed by atoms with Crippen LogP contribution in [0.2, 0.25) is 0 Å². The number of aryl methyl sites for hydroxylation is 1. The molecule has 28 heavy (non-hydrogen) atoms. The van der Waals surface area contributed by atoms with Crippen molar-refractivity contribution >= 4 is 23.5 Å². The molecule has 0 fully saturated rings. The fourth-order valence-electron chi connectivity index (χ4n) is 2.81. The molecule has 0 saturated heterocycles. The lowest BCUT2D eigenvalue weighted by atomic mass is 10.0. The zero-order valence-electron chi connectivity index (χ0n) is 15.6. The number of benzene rings is 2. The molecule has 7 heteroatoms. The SMILES string of the molecule is CC(OC(=O)COc1ccc2c(c1)CCC(=O)N2)C(=O)NCc1ccccc1. The van der Waals surface area contributed by atoms with E-state index in [1.807, 2.05) is 30.3 Å². The van der Waals surface area contributed by atoms with E-state index in [9.17, 15) is 14.4 Å². The second-order valence-electron chi connectivity index (χ2n) is 6.49. The van der Waals surface area contributed by atoms with E-state index in [4.69, 9.17) is 9.47 Å². The fraction of sp³-hybridized carbons (Fsp3) is 0.286. The first kappa shape index (κ1) is 19.4. The van der Waals surface area contributed by atoms with Crippen LogP contribution in [0.3, 0.4) is 0 Å². The van der Waals surface area contributed by atoms with Gasteiger partial charge in [-0.05, 0) is 42.7 Å². The summed E-state index contributed by atoms with van der Waals surface area (Å²) < 4.78 is 10.6. The first-order chi connectivity index (χ1) is 13.5. The van der Waals surface area contributed by atoms with Crippen LogP contribution in [-0.4, -0.2) is 30.5 Å². The van der Waals surface area contributed by atoms with E-state index in [2.05, 4.69) is 10.6 Å². The van der Waals surface area contributed by atoms with Crippen LogP contribution in [0.1, 0.15) is 24.5 Å². The van der Waals surface area contributed by atoms with E-state index in [1.165, 1.54) is 6.92 Å². The van der Waals surface area contributed by atoms with Crippen molar-refractivity contribution in [2.45, 2.75) is 32.4 Å². The minimum absolute atomic E-state index is 0.00993. The third kappa shape index (κ3) is 5.33. The Kier molecular flexibility index (Phi) is 6.26. The Balaban J connectivity index is 1.43. The molecule has 3 rings (SSSR count). The summed E-state index contributed by atoms with van der Waals surface area (Å²) in [5.74, 6) is -0.507. The molecule has 1 aliphatic rings. The van der Waals surface area contributed by atoms with Gasteiger partial charge in [-0.3, -0.25) is 9.59 Å². The highest BCUT2D eigenvalue weighted by atomic mass is 16.6. The quantitative estimate of drug-likeness (QED) is 0.716. The first-order valence-electron chi connectivity index (χ1n) is 9.08. The van der Waals surface area contributed by atoms with E-state index in [0.717, 1.165) is 16.8 Å². The zero-order chi connectivity index (χ0) is 19.9. The van der Waals surface area contributed by atoms with Crippen LogP contribution in [0.25, 0.3) is 0 Å². The minimum Gasteiger partial charge on any atom is -0.482 e. The normalized spacial score (nSPS) is 13.7. The Morgan fingerprint density at radius 2 is 1.93 bits per heavy atom. The van der Waals surface area contributed by atoms with Crippen molar-refractivity contribution in [3.8, 4) is 5.75 Å². The van der Waals surface area contributed by atoms with Crippen LogP contribution in [0.15, 0.2) is 48.5 Å². The van der Waals surface area contributed by atoms with Crippen molar-refractivity contribution in [2.75, 3.05) is 11.9 Å². The average molecular weight is 382 g/mol. The summed E-state index contributed by atoms with van der Waals surface area (Å²) >= 11 is 0. The Bertz CT molecular complexity index is 866. The lowest BCUT2D eigenvalue weighted by Crippen LogP contribution is -2.36. The smallest absolute Gasteiger partial charge is 0.344 e. The van der Waals surface area contributed by atoms with Crippen LogP contribution in [0, 0.1) is 0 Å². The molecule has 1 heterocycles.